The van der Waals surface area contributed by atoms with E-state index in [1.807, 2.05) is 0 Å². The minimum absolute atomic E-state index is 0.0359. The predicted octanol–water partition coefficient (Wildman–Crippen LogP) is 3.19. The molecule has 2 N–H and O–H groups in total. The van der Waals surface area contributed by atoms with Gasteiger partial charge in [0, 0.05) is 10.0 Å². The standard InChI is InChI=1S/C11H8Cl2F3NO3/c12-5-1-2-6(7(13)3-5)8(4-9(18)19)17-10(20)11(14,15)16/h1-3,8H,4H2,(H,17,20)(H,18,19). The zero-order chi connectivity index (χ0) is 15.5. The van der Waals surface area contributed by atoms with Gasteiger partial charge in [0.05, 0.1) is 12.5 Å². The van der Waals surface area contributed by atoms with Gasteiger partial charge in [-0.25, -0.2) is 0 Å². The summed E-state index contributed by atoms with van der Waals surface area (Å²) in [7, 11) is 0. The fraction of sp³-hybridized carbons (Fsp3) is 0.273. The molecule has 20 heavy (non-hydrogen) atoms. The van der Waals surface area contributed by atoms with Crippen molar-refractivity contribution in [3.05, 3.63) is 33.8 Å². The summed E-state index contributed by atoms with van der Waals surface area (Å²) in [6, 6.07) is 2.42. The highest BCUT2D eigenvalue weighted by Crippen LogP contribution is 2.29. The number of carbonyl (C=O) groups is 2. The number of halogens is 5. The Kier molecular flexibility index (Phi) is 5.24. The Hall–Kier alpha value is -1.47. The van der Waals surface area contributed by atoms with Crippen LogP contribution in [0.3, 0.4) is 0 Å². The van der Waals surface area contributed by atoms with Crippen LogP contribution in [0.5, 0.6) is 0 Å². The molecule has 110 valence electrons. The third-order valence-electron chi connectivity index (χ3n) is 2.28. The molecule has 1 aromatic carbocycles. The van der Waals surface area contributed by atoms with Gasteiger partial charge in [-0.3, -0.25) is 9.59 Å². The molecule has 1 unspecified atom stereocenters. The minimum Gasteiger partial charge on any atom is -0.481 e. The Morgan fingerprint density at radius 3 is 2.35 bits per heavy atom. The van der Waals surface area contributed by atoms with Crippen LogP contribution in [0, 0.1) is 0 Å². The smallest absolute Gasteiger partial charge is 0.471 e. The van der Waals surface area contributed by atoms with Crippen LogP contribution in [0.15, 0.2) is 18.2 Å². The van der Waals surface area contributed by atoms with Crippen LogP contribution < -0.4 is 5.32 Å². The molecule has 0 heterocycles. The normalized spacial score (nSPS) is 12.8. The number of amides is 1. The maximum absolute atomic E-state index is 12.2. The highest BCUT2D eigenvalue weighted by Gasteiger charge is 2.40. The SMILES string of the molecule is O=C(O)CC(NC(=O)C(F)(F)F)c1ccc(Cl)cc1Cl. The summed E-state index contributed by atoms with van der Waals surface area (Å²) in [5.41, 5.74) is 0.0380. The monoisotopic (exact) mass is 329 g/mol. The van der Waals surface area contributed by atoms with E-state index in [9.17, 15) is 22.8 Å². The van der Waals surface area contributed by atoms with Gasteiger partial charge in [0.15, 0.2) is 0 Å². The van der Waals surface area contributed by atoms with E-state index in [1.54, 1.807) is 5.32 Å². The first-order valence-electron chi connectivity index (χ1n) is 5.15. The summed E-state index contributed by atoms with van der Waals surface area (Å²) in [5, 5.41) is 10.5. The van der Waals surface area contributed by atoms with Crippen molar-refractivity contribution in [2.75, 3.05) is 0 Å². The fourth-order valence-electron chi connectivity index (χ4n) is 1.44. The second-order valence-corrected chi connectivity index (χ2v) is 4.63. The number of alkyl halides is 3. The summed E-state index contributed by atoms with van der Waals surface area (Å²) >= 11 is 11.4. The van der Waals surface area contributed by atoms with Crippen molar-refractivity contribution in [1.82, 2.24) is 5.32 Å². The fourth-order valence-corrected chi connectivity index (χ4v) is 1.98. The van der Waals surface area contributed by atoms with Crippen LogP contribution in [-0.2, 0) is 9.59 Å². The van der Waals surface area contributed by atoms with E-state index in [-0.39, 0.29) is 15.6 Å². The number of hydrogen-bond donors (Lipinski definition) is 2. The molecule has 9 heteroatoms. The average molecular weight is 330 g/mol. The highest BCUT2D eigenvalue weighted by atomic mass is 35.5. The number of carbonyl (C=O) groups excluding carboxylic acids is 1. The molecule has 0 aliphatic rings. The third kappa shape index (κ3) is 4.57. The van der Waals surface area contributed by atoms with E-state index in [1.165, 1.54) is 18.2 Å². The van der Waals surface area contributed by atoms with Crippen molar-refractivity contribution in [1.29, 1.82) is 0 Å². The molecule has 0 aliphatic heterocycles. The van der Waals surface area contributed by atoms with Gasteiger partial charge in [-0.15, -0.1) is 0 Å². The summed E-state index contributed by atoms with van der Waals surface area (Å²) in [5.74, 6) is -3.63. The third-order valence-corrected chi connectivity index (χ3v) is 2.84. The molecular formula is C11H8Cl2F3NO3. The van der Waals surface area contributed by atoms with Crippen molar-refractivity contribution in [2.24, 2.45) is 0 Å². The van der Waals surface area contributed by atoms with Gasteiger partial charge in [-0.05, 0) is 17.7 Å². The maximum Gasteiger partial charge on any atom is 0.471 e. The van der Waals surface area contributed by atoms with E-state index in [4.69, 9.17) is 28.3 Å². The molecule has 1 rings (SSSR count). The van der Waals surface area contributed by atoms with E-state index in [0.29, 0.717) is 0 Å². The lowest BCUT2D eigenvalue weighted by Gasteiger charge is -2.19. The van der Waals surface area contributed by atoms with Crippen LogP contribution in [-0.4, -0.2) is 23.2 Å². The molecule has 0 saturated carbocycles. The van der Waals surface area contributed by atoms with E-state index >= 15 is 0 Å². The van der Waals surface area contributed by atoms with Gasteiger partial charge in [0.1, 0.15) is 0 Å². The van der Waals surface area contributed by atoms with Gasteiger partial charge >= 0.3 is 18.1 Å². The van der Waals surface area contributed by atoms with E-state index in [2.05, 4.69) is 0 Å². The van der Waals surface area contributed by atoms with Crippen molar-refractivity contribution in [2.45, 2.75) is 18.6 Å². The number of carboxylic acids is 1. The first-order chi connectivity index (χ1) is 9.11. The zero-order valence-corrected chi connectivity index (χ0v) is 11.2. The zero-order valence-electron chi connectivity index (χ0n) is 9.67. The molecular weight excluding hydrogens is 322 g/mol. The predicted molar refractivity (Wildman–Crippen MR) is 65.7 cm³/mol. The lowest BCUT2D eigenvalue weighted by molar-refractivity contribution is -0.174. The van der Waals surface area contributed by atoms with Gasteiger partial charge in [-0.2, -0.15) is 13.2 Å². The first kappa shape index (κ1) is 16.6. The molecule has 1 atom stereocenters. The number of benzene rings is 1. The highest BCUT2D eigenvalue weighted by molar-refractivity contribution is 6.35. The number of aliphatic carboxylic acids is 1. The molecule has 0 bridgehead atoms. The van der Waals surface area contributed by atoms with Crippen LogP contribution in [0.2, 0.25) is 10.0 Å². The molecule has 4 nitrogen and oxygen atoms in total. The Balaban J connectivity index is 3.06. The summed E-state index contributed by atoms with van der Waals surface area (Å²) in [6.45, 7) is 0. The van der Waals surface area contributed by atoms with Crippen LogP contribution >= 0.6 is 23.2 Å². The molecule has 1 amide bonds. The molecule has 0 saturated heterocycles. The second-order valence-electron chi connectivity index (χ2n) is 3.79. The Labute approximate surface area is 121 Å². The van der Waals surface area contributed by atoms with Crippen LogP contribution in [0.1, 0.15) is 18.0 Å². The molecule has 0 spiro atoms. The van der Waals surface area contributed by atoms with Crippen molar-refractivity contribution in [3.63, 3.8) is 0 Å². The van der Waals surface area contributed by atoms with Crippen LogP contribution in [0.25, 0.3) is 0 Å². The number of hydrogen-bond acceptors (Lipinski definition) is 2. The number of rotatable bonds is 4. The van der Waals surface area contributed by atoms with Gasteiger partial charge < -0.3 is 10.4 Å². The number of nitrogens with one attached hydrogen (secondary N) is 1. The summed E-state index contributed by atoms with van der Waals surface area (Å²) in [4.78, 5) is 21.6. The molecule has 0 radical (unpaired) electrons. The Bertz CT molecular complexity index is 534. The lowest BCUT2D eigenvalue weighted by Crippen LogP contribution is -2.39. The van der Waals surface area contributed by atoms with Crippen molar-refractivity contribution < 1.29 is 27.9 Å². The lowest BCUT2D eigenvalue weighted by atomic mass is 10.0. The maximum atomic E-state index is 12.2. The summed E-state index contributed by atoms with van der Waals surface area (Å²) in [6.07, 6.45) is -5.86. The summed E-state index contributed by atoms with van der Waals surface area (Å²) < 4.78 is 36.6. The number of carboxylic acid groups (broad SMARTS) is 1. The Morgan fingerprint density at radius 1 is 1.30 bits per heavy atom. The van der Waals surface area contributed by atoms with E-state index < -0.39 is 30.5 Å². The first-order valence-corrected chi connectivity index (χ1v) is 5.91. The minimum atomic E-state index is -5.12. The molecule has 0 fully saturated rings. The molecule has 1 aromatic rings. The van der Waals surface area contributed by atoms with E-state index in [0.717, 1.165) is 0 Å². The van der Waals surface area contributed by atoms with Crippen LogP contribution in [0.4, 0.5) is 13.2 Å². The van der Waals surface area contributed by atoms with Gasteiger partial charge in [0.2, 0.25) is 0 Å². The topological polar surface area (TPSA) is 66.4 Å². The second kappa shape index (κ2) is 6.32. The van der Waals surface area contributed by atoms with Gasteiger partial charge in [-0.1, -0.05) is 29.3 Å². The molecule has 0 aliphatic carbocycles. The van der Waals surface area contributed by atoms with Crippen molar-refractivity contribution in [3.8, 4) is 0 Å². The largest absolute Gasteiger partial charge is 0.481 e. The van der Waals surface area contributed by atoms with Crippen molar-refractivity contribution >= 4 is 35.1 Å². The quantitative estimate of drug-likeness (QED) is 0.891. The van der Waals surface area contributed by atoms with Gasteiger partial charge in [0.25, 0.3) is 0 Å². The average Bonchev–Trinajstić information content (AvgIpc) is 2.26. The molecule has 0 aromatic heterocycles. The Morgan fingerprint density at radius 2 is 1.90 bits per heavy atom.